The first-order valence-corrected chi connectivity index (χ1v) is 5.92. The highest BCUT2D eigenvalue weighted by atomic mass is 16.2. The van der Waals surface area contributed by atoms with Gasteiger partial charge in [0, 0.05) is 26.9 Å². The zero-order chi connectivity index (χ0) is 14.2. The molecule has 0 saturated carbocycles. The van der Waals surface area contributed by atoms with E-state index in [0.29, 0.717) is 12.8 Å². The Labute approximate surface area is 109 Å². The lowest BCUT2D eigenvalue weighted by Gasteiger charge is -2.17. The number of unbranched alkanes of at least 4 members (excludes halogenated alkanes) is 2. The van der Waals surface area contributed by atoms with Crippen LogP contribution in [0.15, 0.2) is 24.4 Å². The molecule has 0 aliphatic carbocycles. The average molecular weight is 256 g/mol. The van der Waals surface area contributed by atoms with Crippen LogP contribution in [0.3, 0.4) is 0 Å². The first-order valence-electron chi connectivity index (χ1n) is 5.92. The number of urea groups is 1. The molecule has 0 bridgehead atoms. The van der Waals surface area contributed by atoms with Crippen molar-refractivity contribution in [2.45, 2.75) is 26.2 Å². The number of aldehydes is 1. The first kappa shape index (κ1) is 18.7. The predicted molar refractivity (Wildman–Crippen MR) is 73.2 cm³/mol. The molecule has 0 spiro atoms. The molecule has 0 atom stereocenters. The van der Waals surface area contributed by atoms with Gasteiger partial charge in [-0.3, -0.25) is 4.79 Å². The topological polar surface area (TPSA) is 69.6 Å². The Morgan fingerprint density at radius 2 is 2.00 bits per heavy atom. The van der Waals surface area contributed by atoms with Gasteiger partial charge in [0.1, 0.15) is 6.29 Å². The Hall–Kier alpha value is -1.62. The van der Waals surface area contributed by atoms with Gasteiger partial charge in [0.15, 0.2) is 0 Å². The summed E-state index contributed by atoms with van der Waals surface area (Å²) in [6, 6.07) is -0.191. The summed E-state index contributed by atoms with van der Waals surface area (Å²) in [5.74, 6) is 0. The minimum absolute atomic E-state index is 0.191. The van der Waals surface area contributed by atoms with Crippen molar-refractivity contribution in [2.24, 2.45) is 0 Å². The maximum Gasteiger partial charge on any atom is 0.321 e. The van der Waals surface area contributed by atoms with Crippen LogP contribution in [0.25, 0.3) is 0 Å². The molecule has 5 heteroatoms. The van der Waals surface area contributed by atoms with E-state index in [-0.39, 0.29) is 6.03 Å². The predicted octanol–water partition coefficient (Wildman–Crippen LogP) is 1.70. The Morgan fingerprint density at radius 3 is 2.50 bits per heavy atom. The molecule has 0 aliphatic heterocycles. The van der Waals surface area contributed by atoms with Gasteiger partial charge in [0.2, 0.25) is 0 Å². The summed E-state index contributed by atoms with van der Waals surface area (Å²) in [5.41, 5.74) is 0. The van der Waals surface area contributed by atoms with Gasteiger partial charge in [0.05, 0.1) is 0 Å². The molecule has 2 N–H and O–H groups in total. The minimum Gasteiger partial charge on any atom is -0.400 e. The van der Waals surface area contributed by atoms with E-state index >= 15 is 0 Å². The fraction of sp³-hybridized carbons (Fsp3) is 0.538. The Morgan fingerprint density at radius 1 is 1.33 bits per heavy atom. The number of rotatable bonds is 7. The molecule has 0 heterocycles. The number of hydrogen-bond acceptors (Lipinski definition) is 3. The van der Waals surface area contributed by atoms with Gasteiger partial charge < -0.3 is 15.3 Å². The molecule has 0 radical (unpaired) electrons. The molecule has 18 heavy (non-hydrogen) atoms. The largest absolute Gasteiger partial charge is 0.400 e. The molecular weight excluding hydrogens is 232 g/mol. The lowest BCUT2D eigenvalue weighted by atomic mass is 10.2. The van der Waals surface area contributed by atoms with Crippen molar-refractivity contribution in [3.8, 4) is 0 Å². The number of carbonyl (C=O) groups is 2. The number of aliphatic hydroxyl groups excluding tert-OH is 1. The van der Waals surface area contributed by atoms with E-state index in [2.05, 4.69) is 11.4 Å². The maximum atomic E-state index is 11.4. The number of nitrogens with zero attached hydrogens (tertiary/aromatic N) is 1. The van der Waals surface area contributed by atoms with Crippen molar-refractivity contribution >= 4 is 12.3 Å². The number of hydrogen-bond donors (Lipinski definition) is 2. The molecule has 0 fully saturated rings. The van der Waals surface area contributed by atoms with Crippen molar-refractivity contribution in [1.82, 2.24) is 10.2 Å². The van der Waals surface area contributed by atoms with Gasteiger partial charge in [0.25, 0.3) is 0 Å². The lowest BCUT2D eigenvalue weighted by Crippen LogP contribution is -2.34. The second-order valence-corrected chi connectivity index (χ2v) is 3.29. The molecule has 2 amide bonds. The van der Waals surface area contributed by atoms with E-state index < -0.39 is 0 Å². The number of aliphatic hydroxyl groups is 1. The van der Waals surface area contributed by atoms with E-state index in [4.69, 9.17) is 5.11 Å². The van der Waals surface area contributed by atoms with E-state index in [1.54, 1.807) is 7.05 Å². The van der Waals surface area contributed by atoms with Crippen LogP contribution in [0.1, 0.15) is 26.2 Å². The number of carbonyl (C=O) groups excluding carboxylic acids is 2. The van der Waals surface area contributed by atoms with E-state index in [1.165, 1.54) is 17.2 Å². The number of allylic oxidation sites excluding steroid dienone is 3. The fourth-order valence-electron chi connectivity index (χ4n) is 1.24. The third-order valence-corrected chi connectivity index (χ3v) is 2.07. The molecule has 0 aliphatic rings. The summed E-state index contributed by atoms with van der Waals surface area (Å²) in [6.45, 7) is 2.62. The summed E-state index contributed by atoms with van der Waals surface area (Å²) in [6.07, 6.45) is 10.6. The minimum atomic E-state index is -0.191. The van der Waals surface area contributed by atoms with Gasteiger partial charge in [-0.25, -0.2) is 4.79 Å². The molecule has 5 nitrogen and oxygen atoms in total. The smallest absolute Gasteiger partial charge is 0.321 e. The van der Waals surface area contributed by atoms with Crippen LogP contribution >= 0.6 is 0 Å². The third-order valence-electron chi connectivity index (χ3n) is 2.07. The van der Waals surface area contributed by atoms with Crippen LogP contribution in [0.2, 0.25) is 0 Å². The van der Waals surface area contributed by atoms with Gasteiger partial charge >= 0.3 is 6.03 Å². The van der Waals surface area contributed by atoms with Crippen molar-refractivity contribution in [3.05, 3.63) is 24.4 Å². The molecule has 0 saturated heterocycles. The van der Waals surface area contributed by atoms with Crippen LogP contribution in [-0.4, -0.2) is 43.0 Å². The highest BCUT2D eigenvalue weighted by Gasteiger charge is 2.06. The highest BCUT2D eigenvalue weighted by Crippen LogP contribution is 2.01. The van der Waals surface area contributed by atoms with Crippen LogP contribution in [0.4, 0.5) is 4.79 Å². The average Bonchev–Trinajstić information content (AvgIpc) is 2.43. The van der Waals surface area contributed by atoms with Crippen molar-refractivity contribution in [1.29, 1.82) is 0 Å². The summed E-state index contributed by atoms with van der Waals surface area (Å²) in [4.78, 5) is 23.1. The maximum absolute atomic E-state index is 11.4. The summed E-state index contributed by atoms with van der Waals surface area (Å²) >= 11 is 0. The molecule has 0 aromatic rings. The van der Waals surface area contributed by atoms with Crippen LogP contribution < -0.4 is 5.32 Å². The molecule has 0 aromatic heterocycles. The molecular formula is C13H24N2O3. The molecule has 0 unspecified atom stereocenters. The van der Waals surface area contributed by atoms with Gasteiger partial charge in [-0.1, -0.05) is 12.2 Å². The van der Waals surface area contributed by atoms with Crippen molar-refractivity contribution in [2.75, 3.05) is 20.7 Å². The molecule has 104 valence electrons. The lowest BCUT2D eigenvalue weighted by molar-refractivity contribution is -0.104. The zero-order valence-corrected chi connectivity index (χ0v) is 11.4. The second kappa shape index (κ2) is 15.4. The van der Waals surface area contributed by atoms with E-state index in [0.717, 1.165) is 26.4 Å². The van der Waals surface area contributed by atoms with Crippen molar-refractivity contribution in [3.63, 3.8) is 0 Å². The second-order valence-electron chi connectivity index (χ2n) is 3.29. The Bertz CT molecular complexity index is 263. The van der Waals surface area contributed by atoms with Gasteiger partial charge in [-0.05, 0) is 32.3 Å². The fourth-order valence-corrected chi connectivity index (χ4v) is 1.24. The van der Waals surface area contributed by atoms with Crippen LogP contribution in [-0.2, 0) is 4.79 Å². The summed E-state index contributed by atoms with van der Waals surface area (Å²) in [7, 11) is 2.57. The van der Waals surface area contributed by atoms with E-state index in [9.17, 15) is 9.59 Å². The normalized spacial score (nSPS) is 10.0. The summed E-state index contributed by atoms with van der Waals surface area (Å²) in [5, 5.41) is 9.53. The van der Waals surface area contributed by atoms with E-state index in [1.807, 2.05) is 13.0 Å². The third kappa shape index (κ3) is 10.9. The Kier molecular flexibility index (Phi) is 16.0. The summed E-state index contributed by atoms with van der Waals surface area (Å²) < 4.78 is 0. The van der Waals surface area contributed by atoms with Crippen LogP contribution in [0.5, 0.6) is 0 Å². The number of nitrogens with one attached hydrogen (secondary N) is 1. The highest BCUT2D eigenvalue weighted by molar-refractivity contribution is 5.76. The molecule has 0 aromatic carbocycles. The quantitative estimate of drug-likeness (QED) is 0.315. The van der Waals surface area contributed by atoms with Crippen LogP contribution in [0, 0.1) is 0 Å². The first-order chi connectivity index (χ1) is 8.76. The SMILES string of the molecule is C/C=C/CCCCN(/C=C\C=O)C(=O)NC.CO. The monoisotopic (exact) mass is 256 g/mol. The van der Waals surface area contributed by atoms with Crippen molar-refractivity contribution < 1.29 is 14.7 Å². The number of amides is 2. The zero-order valence-electron chi connectivity index (χ0n) is 11.4. The van der Waals surface area contributed by atoms with Gasteiger partial charge in [-0.15, -0.1) is 0 Å². The van der Waals surface area contributed by atoms with Gasteiger partial charge in [-0.2, -0.15) is 0 Å². The standard InChI is InChI=1S/C12H20N2O2.CH4O/c1-3-4-5-6-7-9-14(10-8-11-15)12(16)13-2;1-2/h3-4,8,10-11H,5-7,9H2,1-2H3,(H,13,16);2H,1H3/b4-3+,10-8-;. The molecule has 0 rings (SSSR count). The Balaban J connectivity index is 0.